The summed E-state index contributed by atoms with van der Waals surface area (Å²) in [7, 11) is 0. The van der Waals surface area contributed by atoms with Gasteiger partial charge in [-0.25, -0.2) is 0 Å². The second-order valence-electron chi connectivity index (χ2n) is 6.33. The number of nitrogen functional groups attached to an aromatic ring is 1. The summed E-state index contributed by atoms with van der Waals surface area (Å²) in [5.74, 6) is 0.826. The zero-order chi connectivity index (χ0) is 18.5. The topological polar surface area (TPSA) is 63.9 Å². The van der Waals surface area contributed by atoms with Crippen molar-refractivity contribution in [2.75, 3.05) is 12.3 Å². The Balaban J connectivity index is 1.54. The molecule has 134 valence electrons. The quantitative estimate of drug-likeness (QED) is 0.481. The van der Waals surface area contributed by atoms with Gasteiger partial charge in [-0.1, -0.05) is 60.7 Å². The third kappa shape index (κ3) is 3.85. The highest BCUT2D eigenvalue weighted by molar-refractivity contribution is 5.77. The van der Waals surface area contributed by atoms with Gasteiger partial charge in [0.05, 0.1) is 18.0 Å². The predicted octanol–water partition coefficient (Wildman–Crippen LogP) is 4.95. The molecule has 0 aliphatic rings. The largest absolute Gasteiger partial charge is 0.493 e. The number of aromatic nitrogens is 2. The van der Waals surface area contributed by atoms with Gasteiger partial charge in [0.25, 0.3) is 0 Å². The first kappa shape index (κ1) is 16.9. The molecule has 0 saturated heterocycles. The van der Waals surface area contributed by atoms with Crippen LogP contribution in [0.15, 0.2) is 84.9 Å². The average Bonchev–Trinajstić information content (AvgIpc) is 3.19. The van der Waals surface area contributed by atoms with Crippen LogP contribution in [0, 0.1) is 0 Å². The highest BCUT2D eigenvalue weighted by Gasteiger charge is 2.12. The number of rotatable bonds is 6. The van der Waals surface area contributed by atoms with Crippen LogP contribution in [0.2, 0.25) is 0 Å². The van der Waals surface area contributed by atoms with Crippen LogP contribution in [0.25, 0.3) is 22.5 Å². The van der Waals surface area contributed by atoms with Crippen molar-refractivity contribution in [2.45, 2.75) is 6.42 Å². The lowest BCUT2D eigenvalue weighted by Gasteiger charge is -2.10. The van der Waals surface area contributed by atoms with Crippen LogP contribution in [-0.4, -0.2) is 16.8 Å². The van der Waals surface area contributed by atoms with Gasteiger partial charge in [-0.15, -0.1) is 0 Å². The molecule has 0 bridgehead atoms. The van der Waals surface area contributed by atoms with Gasteiger partial charge in [0.2, 0.25) is 0 Å². The first-order valence-corrected chi connectivity index (χ1v) is 8.97. The van der Waals surface area contributed by atoms with E-state index in [1.165, 1.54) is 5.56 Å². The molecule has 0 unspecified atom stereocenters. The van der Waals surface area contributed by atoms with Gasteiger partial charge in [0, 0.05) is 23.2 Å². The van der Waals surface area contributed by atoms with Crippen LogP contribution < -0.4 is 10.5 Å². The molecule has 0 aliphatic carbocycles. The van der Waals surface area contributed by atoms with E-state index >= 15 is 0 Å². The van der Waals surface area contributed by atoms with E-state index in [1.54, 1.807) is 0 Å². The maximum Gasteiger partial charge on any atom is 0.128 e. The fourth-order valence-electron chi connectivity index (χ4n) is 3.07. The molecule has 0 spiro atoms. The smallest absolute Gasteiger partial charge is 0.128 e. The molecule has 1 aromatic heterocycles. The van der Waals surface area contributed by atoms with Gasteiger partial charge >= 0.3 is 0 Å². The Morgan fingerprint density at radius 3 is 2.33 bits per heavy atom. The fourth-order valence-corrected chi connectivity index (χ4v) is 3.07. The van der Waals surface area contributed by atoms with E-state index in [1.807, 2.05) is 72.8 Å². The number of nitrogens with two attached hydrogens (primary N) is 1. The highest BCUT2D eigenvalue weighted by Crippen LogP contribution is 2.32. The van der Waals surface area contributed by atoms with Crippen LogP contribution in [-0.2, 0) is 6.42 Å². The highest BCUT2D eigenvalue weighted by atomic mass is 16.5. The number of nitrogens with zero attached hydrogens (tertiary/aromatic N) is 1. The van der Waals surface area contributed by atoms with Gasteiger partial charge in [-0.2, -0.15) is 5.10 Å². The second-order valence-corrected chi connectivity index (χ2v) is 6.33. The molecule has 4 nitrogen and oxygen atoms in total. The molecule has 0 atom stereocenters. The number of ether oxygens (including phenoxy) is 1. The van der Waals surface area contributed by atoms with E-state index in [4.69, 9.17) is 10.5 Å². The number of aromatic amines is 1. The Labute approximate surface area is 158 Å². The number of hydrogen-bond acceptors (Lipinski definition) is 3. The van der Waals surface area contributed by atoms with Gasteiger partial charge in [-0.05, 0) is 29.8 Å². The number of para-hydroxylation sites is 2. The van der Waals surface area contributed by atoms with E-state index in [2.05, 4.69) is 22.3 Å². The summed E-state index contributed by atoms with van der Waals surface area (Å²) in [6.45, 7) is 0.615. The Bertz CT molecular complexity index is 1020. The third-order valence-electron chi connectivity index (χ3n) is 4.48. The van der Waals surface area contributed by atoms with E-state index in [9.17, 15) is 0 Å². The molecule has 4 heteroatoms. The Kier molecular flexibility index (Phi) is 4.88. The van der Waals surface area contributed by atoms with Gasteiger partial charge in [-0.3, -0.25) is 5.10 Å². The molecule has 0 fully saturated rings. The maximum absolute atomic E-state index is 6.08. The van der Waals surface area contributed by atoms with Crippen molar-refractivity contribution < 1.29 is 4.74 Å². The zero-order valence-corrected chi connectivity index (χ0v) is 14.9. The van der Waals surface area contributed by atoms with Crippen molar-refractivity contribution in [3.8, 4) is 28.3 Å². The van der Waals surface area contributed by atoms with Crippen molar-refractivity contribution >= 4 is 5.69 Å². The van der Waals surface area contributed by atoms with Crippen molar-refractivity contribution in [1.82, 2.24) is 10.2 Å². The van der Waals surface area contributed by atoms with Crippen molar-refractivity contribution in [2.24, 2.45) is 0 Å². The number of H-pyrrole nitrogens is 1. The summed E-state index contributed by atoms with van der Waals surface area (Å²) in [6.07, 6.45) is 0.863. The number of hydrogen-bond donors (Lipinski definition) is 2. The Morgan fingerprint density at radius 1 is 0.815 bits per heavy atom. The minimum atomic E-state index is 0.615. The van der Waals surface area contributed by atoms with Crippen molar-refractivity contribution in [3.63, 3.8) is 0 Å². The van der Waals surface area contributed by atoms with E-state index in [0.29, 0.717) is 6.61 Å². The summed E-state index contributed by atoms with van der Waals surface area (Å²) >= 11 is 0. The molecule has 3 N–H and O–H groups in total. The van der Waals surface area contributed by atoms with Gasteiger partial charge < -0.3 is 10.5 Å². The lowest BCUT2D eigenvalue weighted by Crippen LogP contribution is -2.02. The maximum atomic E-state index is 6.08. The molecule has 4 rings (SSSR count). The molecule has 0 aliphatic heterocycles. The van der Waals surface area contributed by atoms with Gasteiger partial charge in [0.1, 0.15) is 5.75 Å². The molecular weight excluding hydrogens is 334 g/mol. The fraction of sp³-hybridized carbons (Fsp3) is 0.0870. The lowest BCUT2D eigenvalue weighted by atomic mass is 10.1. The normalized spacial score (nSPS) is 10.7. The van der Waals surface area contributed by atoms with Crippen LogP contribution in [0.1, 0.15) is 5.56 Å². The number of nitrogens with one attached hydrogen (secondary N) is 1. The summed E-state index contributed by atoms with van der Waals surface area (Å²) in [4.78, 5) is 0. The zero-order valence-electron chi connectivity index (χ0n) is 14.9. The molecule has 0 radical (unpaired) electrons. The third-order valence-corrected chi connectivity index (χ3v) is 4.48. The summed E-state index contributed by atoms with van der Waals surface area (Å²) < 4.78 is 6.06. The lowest BCUT2D eigenvalue weighted by molar-refractivity contribution is 0.323. The molecule has 0 saturated carbocycles. The minimum absolute atomic E-state index is 0.615. The molecule has 1 heterocycles. The Morgan fingerprint density at radius 2 is 1.52 bits per heavy atom. The molecule has 4 aromatic rings. The molecular formula is C23H21N3O. The monoisotopic (exact) mass is 355 g/mol. The number of benzene rings is 3. The first-order chi connectivity index (χ1) is 13.3. The molecule has 3 aromatic carbocycles. The first-order valence-electron chi connectivity index (χ1n) is 8.97. The molecule has 27 heavy (non-hydrogen) atoms. The van der Waals surface area contributed by atoms with E-state index < -0.39 is 0 Å². The number of anilines is 1. The van der Waals surface area contributed by atoms with E-state index in [0.717, 1.165) is 40.4 Å². The van der Waals surface area contributed by atoms with Crippen LogP contribution in [0.3, 0.4) is 0 Å². The van der Waals surface area contributed by atoms with Crippen LogP contribution in [0.4, 0.5) is 5.69 Å². The Hall–Kier alpha value is -3.53. The second kappa shape index (κ2) is 7.79. The minimum Gasteiger partial charge on any atom is -0.493 e. The average molecular weight is 355 g/mol. The summed E-state index contributed by atoms with van der Waals surface area (Å²) in [5.41, 5.74) is 11.7. The van der Waals surface area contributed by atoms with Crippen molar-refractivity contribution in [3.05, 3.63) is 90.5 Å². The van der Waals surface area contributed by atoms with E-state index in [-0.39, 0.29) is 0 Å². The van der Waals surface area contributed by atoms with Crippen molar-refractivity contribution in [1.29, 1.82) is 0 Å². The summed E-state index contributed by atoms with van der Waals surface area (Å²) in [5, 5.41) is 7.56. The van der Waals surface area contributed by atoms with Crippen LogP contribution >= 0.6 is 0 Å². The predicted molar refractivity (Wildman–Crippen MR) is 110 cm³/mol. The van der Waals surface area contributed by atoms with Gasteiger partial charge in [0.15, 0.2) is 0 Å². The molecule has 0 amide bonds. The summed E-state index contributed by atoms with van der Waals surface area (Å²) in [6, 6.07) is 28.1. The standard InChI is InChI=1S/C23H21N3O/c24-20-12-6-4-10-18(20)21-16-22(26-25-21)19-11-5-7-13-23(19)27-15-14-17-8-2-1-3-9-17/h1-13,16H,14-15,24H2,(H,25,26). The SMILES string of the molecule is Nc1ccccc1-c1cc(-c2ccccc2OCCc2ccccc2)n[nH]1. The van der Waals surface area contributed by atoms with Crippen LogP contribution in [0.5, 0.6) is 5.75 Å².